The second kappa shape index (κ2) is 8.45. The van der Waals surface area contributed by atoms with Crippen LogP contribution >= 0.6 is 0 Å². The summed E-state index contributed by atoms with van der Waals surface area (Å²) in [5.41, 5.74) is 3.91. The molecule has 0 unspecified atom stereocenters. The maximum Gasteiger partial charge on any atom is 0.318 e. The highest BCUT2D eigenvalue weighted by molar-refractivity contribution is 5.93. The monoisotopic (exact) mass is 412 g/mol. The molecule has 1 aromatic heterocycles. The molecule has 30 heavy (non-hydrogen) atoms. The van der Waals surface area contributed by atoms with Gasteiger partial charge >= 0.3 is 6.03 Å². The van der Waals surface area contributed by atoms with Crippen LogP contribution in [0.5, 0.6) is 0 Å². The predicted octanol–water partition coefficient (Wildman–Crippen LogP) is 2.83. The number of urea groups is 1. The summed E-state index contributed by atoms with van der Waals surface area (Å²) < 4.78 is 1.73. The SMILES string of the molecule is Cc1c(C(=O)NCC(C)C)nnn1-c1cccc2c1CCN(C(=O)NC(C)(C)C)C2. The standard InChI is InChI=1S/C22H32N6O2/c1-14(2)12-23-20(29)19-15(3)28(26-25-19)18-9-7-8-16-13-27(11-10-17(16)18)21(30)24-22(4,5)6/h7-9,14H,10-13H2,1-6H3,(H,23,29)(H,24,30). The molecule has 1 aliphatic rings. The molecule has 0 saturated heterocycles. The van der Waals surface area contributed by atoms with E-state index in [1.54, 1.807) is 4.68 Å². The van der Waals surface area contributed by atoms with Crippen molar-refractivity contribution < 1.29 is 9.59 Å². The van der Waals surface area contributed by atoms with Gasteiger partial charge in [0, 0.05) is 25.2 Å². The molecule has 3 rings (SSSR count). The Morgan fingerprint density at radius 2 is 1.97 bits per heavy atom. The van der Waals surface area contributed by atoms with E-state index in [9.17, 15) is 9.59 Å². The molecule has 0 aliphatic carbocycles. The normalized spacial score (nSPS) is 13.9. The molecule has 0 atom stereocenters. The van der Waals surface area contributed by atoms with Crippen LogP contribution in [0.4, 0.5) is 4.79 Å². The van der Waals surface area contributed by atoms with Gasteiger partial charge in [0.1, 0.15) is 0 Å². The summed E-state index contributed by atoms with van der Waals surface area (Å²) in [5, 5.41) is 14.3. The van der Waals surface area contributed by atoms with E-state index in [1.165, 1.54) is 0 Å². The fourth-order valence-corrected chi connectivity index (χ4v) is 3.51. The third-order valence-corrected chi connectivity index (χ3v) is 5.02. The summed E-state index contributed by atoms with van der Waals surface area (Å²) in [6, 6.07) is 5.93. The van der Waals surface area contributed by atoms with Crippen molar-refractivity contribution in [1.29, 1.82) is 0 Å². The highest BCUT2D eigenvalue weighted by Gasteiger charge is 2.26. The molecule has 1 aromatic carbocycles. The van der Waals surface area contributed by atoms with Crippen molar-refractivity contribution in [3.8, 4) is 5.69 Å². The van der Waals surface area contributed by atoms with Gasteiger partial charge < -0.3 is 15.5 Å². The van der Waals surface area contributed by atoms with Gasteiger partial charge in [-0.15, -0.1) is 5.10 Å². The number of benzene rings is 1. The number of rotatable bonds is 4. The molecule has 3 amide bonds. The molecule has 0 saturated carbocycles. The van der Waals surface area contributed by atoms with Crippen LogP contribution in [0.3, 0.4) is 0 Å². The third-order valence-electron chi connectivity index (χ3n) is 5.02. The van der Waals surface area contributed by atoms with Crippen molar-refractivity contribution in [3.05, 3.63) is 40.7 Å². The van der Waals surface area contributed by atoms with Crippen LogP contribution in [0.2, 0.25) is 0 Å². The molecule has 8 heteroatoms. The van der Waals surface area contributed by atoms with Gasteiger partial charge in [-0.05, 0) is 57.2 Å². The zero-order valence-electron chi connectivity index (χ0n) is 18.7. The van der Waals surface area contributed by atoms with Crippen molar-refractivity contribution in [2.45, 2.75) is 60.0 Å². The molecule has 162 valence electrons. The number of hydrogen-bond donors (Lipinski definition) is 2. The number of carbonyl (C=O) groups is 2. The summed E-state index contributed by atoms with van der Waals surface area (Å²) in [5.74, 6) is 0.158. The zero-order valence-corrected chi connectivity index (χ0v) is 18.7. The fraction of sp³-hybridized carbons (Fsp3) is 0.545. The Morgan fingerprint density at radius 3 is 2.63 bits per heavy atom. The highest BCUT2D eigenvalue weighted by Crippen LogP contribution is 2.26. The fourth-order valence-electron chi connectivity index (χ4n) is 3.51. The van der Waals surface area contributed by atoms with Crippen molar-refractivity contribution in [2.75, 3.05) is 13.1 Å². The molecule has 8 nitrogen and oxygen atoms in total. The van der Waals surface area contributed by atoms with Crippen LogP contribution in [-0.4, -0.2) is 50.5 Å². The maximum atomic E-state index is 12.6. The van der Waals surface area contributed by atoms with Gasteiger partial charge in [-0.3, -0.25) is 4.79 Å². The van der Waals surface area contributed by atoms with Gasteiger partial charge in [0.25, 0.3) is 5.91 Å². The lowest BCUT2D eigenvalue weighted by molar-refractivity contribution is 0.0943. The summed E-state index contributed by atoms with van der Waals surface area (Å²) in [7, 11) is 0. The maximum absolute atomic E-state index is 12.6. The average Bonchev–Trinajstić information content (AvgIpc) is 3.05. The molecular formula is C22H32N6O2. The highest BCUT2D eigenvalue weighted by atomic mass is 16.2. The van der Waals surface area contributed by atoms with Crippen LogP contribution in [0.15, 0.2) is 18.2 Å². The third kappa shape index (κ3) is 4.80. The first-order chi connectivity index (χ1) is 14.1. The Hall–Kier alpha value is -2.90. The van der Waals surface area contributed by atoms with E-state index in [0.29, 0.717) is 36.9 Å². The average molecular weight is 413 g/mol. The topological polar surface area (TPSA) is 92.2 Å². The Balaban J connectivity index is 1.83. The number of carbonyl (C=O) groups excluding carboxylic acids is 2. The minimum absolute atomic E-state index is 0.0559. The van der Waals surface area contributed by atoms with Gasteiger partial charge in [0.15, 0.2) is 5.69 Å². The van der Waals surface area contributed by atoms with Crippen LogP contribution in [-0.2, 0) is 13.0 Å². The molecule has 2 N–H and O–H groups in total. The van der Waals surface area contributed by atoms with E-state index in [4.69, 9.17) is 0 Å². The van der Waals surface area contributed by atoms with E-state index in [1.807, 2.05) is 64.6 Å². The van der Waals surface area contributed by atoms with Crippen LogP contribution in [0.25, 0.3) is 5.69 Å². The number of nitrogens with zero attached hydrogens (tertiary/aromatic N) is 4. The van der Waals surface area contributed by atoms with Crippen LogP contribution < -0.4 is 10.6 Å². The summed E-state index contributed by atoms with van der Waals surface area (Å²) in [6.45, 7) is 13.6. The lowest BCUT2D eigenvalue weighted by atomic mass is 9.97. The van der Waals surface area contributed by atoms with Gasteiger partial charge in [0.2, 0.25) is 0 Å². The van der Waals surface area contributed by atoms with Crippen molar-refractivity contribution in [2.24, 2.45) is 5.92 Å². The number of amides is 3. The molecule has 1 aliphatic heterocycles. The molecular weight excluding hydrogens is 380 g/mol. The van der Waals surface area contributed by atoms with Crippen LogP contribution in [0.1, 0.15) is 61.9 Å². The number of nitrogens with one attached hydrogen (secondary N) is 2. The Bertz CT molecular complexity index is 942. The predicted molar refractivity (Wildman–Crippen MR) is 116 cm³/mol. The first-order valence-corrected chi connectivity index (χ1v) is 10.5. The van der Waals surface area contributed by atoms with Gasteiger partial charge in [-0.2, -0.15) is 0 Å². The van der Waals surface area contributed by atoms with E-state index in [0.717, 1.165) is 23.2 Å². The Morgan fingerprint density at radius 1 is 1.23 bits per heavy atom. The number of fused-ring (bicyclic) bond motifs is 1. The molecule has 2 aromatic rings. The van der Waals surface area contributed by atoms with Gasteiger partial charge in [0.05, 0.1) is 11.4 Å². The number of aromatic nitrogens is 3. The molecule has 2 heterocycles. The smallest absolute Gasteiger partial charge is 0.318 e. The Kier molecular flexibility index (Phi) is 6.14. The lowest BCUT2D eigenvalue weighted by Gasteiger charge is -2.33. The molecule has 0 bridgehead atoms. The molecule has 0 spiro atoms. The number of hydrogen-bond acceptors (Lipinski definition) is 4. The molecule has 0 fully saturated rings. The van der Waals surface area contributed by atoms with Crippen molar-refractivity contribution >= 4 is 11.9 Å². The van der Waals surface area contributed by atoms with Gasteiger partial charge in [-0.1, -0.05) is 31.2 Å². The lowest BCUT2D eigenvalue weighted by Crippen LogP contribution is -2.49. The van der Waals surface area contributed by atoms with Gasteiger partial charge in [-0.25, -0.2) is 9.48 Å². The van der Waals surface area contributed by atoms with Crippen molar-refractivity contribution in [3.63, 3.8) is 0 Å². The second-order valence-electron chi connectivity index (χ2n) is 9.31. The minimum atomic E-state index is -0.274. The summed E-state index contributed by atoms with van der Waals surface area (Å²) in [6.07, 6.45) is 0.719. The first kappa shape index (κ1) is 21.8. The largest absolute Gasteiger partial charge is 0.350 e. The Labute approximate surface area is 178 Å². The van der Waals surface area contributed by atoms with E-state index >= 15 is 0 Å². The second-order valence-corrected chi connectivity index (χ2v) is 9.31. The zero-order chi connectivity index (χ0) is 22.1. The van der Waals surface area contributed by atoms with E-state index in [2.05, 4.69) is 20.9 Å². The quantitative estimate of drug-likeness (QED) is 0.808. The summed E-state index contributed by atoms with van der Waals surface area (Å²) >= 11 is 0. The van der Waals surface area contributed by atoms with Crippen molar-refractivity contribution in [1.82, 2.24) is 30.5 Å². The van der Waals surface area contributed by atoms with E-state index < -0.39 is 0 Å². The first-order valence-electron chi connectivity index (χ1n) is 10.5. The summed E-state index contributed by atoms with van der Waals surface area (Å²) in [4.78, 5) is 26.9. The van der Waals surface area contributed by atoms with Crippen LogP contribution in [0, 0.1) is 12.8 Å². The minimum Gasteiger partial charge on any atom is -0.350 e. The molecule has 0 radical (unpaired) electrons. The van der Waals surface area contributed by atoms with E-state index in [-0.39, 0.29) is 17.5 Å².